The van der Waals surface area contributed by atoms with Crippen LogP contribution in [0.25, 0.3) is 0 Å². The molecule has 0 fully saturated rings. The van der Waals surface area contributed by atoms with Crippen LogP contribution in [0, 0.1) is 6.92 Å². The normalized spacial score (nSPS) is 9.07. The van der Waals surface area contributed by atoms with E-state index in [0.29, 0.717) is 6.42 Å². The van der Waals surface area contributed by atoms with E-state index in [4.69, 9.17) is 0 Å². The number of hydrogen-bond donors (Lipinski definition) is 0. The molecule has 0 atom stereocenters. The van der Waals surface area contributed by atoms with Gasteiger partial charge in [-0.25, -0.2) is 0 Å². The van der Waals surface area contributed by atoms with E-state index in [9.17, 15) is 4.79 Å². The molecular formula is C12H19NO. The number of rotatable bonds is 2. The van der Waals surface area contributed by atoms with Crippen LogP contribution in [0.4, 0.5) is 0 Å². The minimum Gasteiger partial charge on any atom is -0.349 e. The Morgan fingerprint density at radius 2 is 1.71 bits per heavy atom. The summed E-state index contributed by atoms with van der Waals surface area (Å²) in [6, 6.07) is 8.05. The van der Waals surface area contributed by atoms with E-state index in [1.807, 2.05) is 31.2 Å². The number of aryl methyl sites for hydroxylation is 1. The Bertz CT molecular complexity index is 288. The van der Waals surface area contributed by atoms with E-state index < -0.39 is 0 Å². The molecule has 0 radical (unpaired) electrons. The van der Waals surface area contributed by atoms with Crippen LogP contribution in [-0.4, -0.2) is 24.9 Å². The lowest BCUT2D eigenvalue weighted by Gasteiger charge is -2.09. The number of nitrogens with zero attached hydrogens (tertiary/aromatic N) is 1. The number of carbonyl (C=O) groups is 1. The first-order valence-electron chi connectivity index (χ1n) is 4.35. The second-order valence-corrected chi connectivity index (χ2v) is 3.45. The predicted octanol–water partition coefficient (Wildman–Crippen LogP) is 2.26. The van der Waals surface area contributed by atoms with E-state index in [2.05, 4.69) is 0 Å². The molecule has 0 saturated heterocycles. The van der Waals surface area contributed by atoms with E-state index in [0.717, 1.165) is 5.56 Å². The van der Waals surface area contributed by atoms with Gasteiger partial charge in [0.15, 0.2) is 0 Å². The quantitative estimate of drug-likeness (QED) is 0.705. The van der Waals surface area contributed by atoms with Crippen molar-refractivity contribution in [1.82, 2.24) is 4.90 Å². The molecule has 0 saturated carbocycles. The lowest BCUT2D eigenvalue weighted by atomic mass is 10.1. The number of carbonyl (C=O) groups excluding carboxylic acids is 1. The molecule has 0 aromatic heterocycles. The summed E-state index contributed by atoms with van der Waals surface area (Å²) in [6.07, 6.45) is 0.493. The largest absolute Gasteiger partial charge is 0.349 e. The van der Waals surface area contributed by atoms with Crippen molar-refractivity contribution in [2.75, 3.05) is 14.1 Å². The molecule has 1 aromatic carbocycles. The second-order valence-electron chi connectivity index (χ2n) is 3.45. The topological polar surface area (TPSA) is 20.3 Å². The average molecular weight is 193 g/mol. The van der Waals surface area contributed by atoms with Crippen LogP contribution in [0.3, 0.4) is 0 Å². The Morgan fingerprint density at radius 3 is 2.14 bits per heavy atom. The zero-order valence-corrected chi connectivity index (χ0v) is 8.37. The van der Waals surface area contributed by atoms with Gasteiger partial charge in [-0.2, -0.15) is 0 Å². The SMILES string of the molecule is C.Cc1ccc(CC(=O)N(C)C)cc1. The number of amides is 1. The second kappa shape index (κ2) is 5.43. The summed E-state index contributed by atoms with van der Waals surface area (Å²) in [5, 5.41) is 0. The monoisotopic (exact) mass is 193 g/mol. The van der Waals surface area contributed by atoms with E-state index >= 15 is 0 Å². The molecule has 0 bridgehead atoms. The number of hydrogen-bond acceptors (Lipinski definition) is 1. The molecule has 14 heavy (non-hydrogen) atoms. The molecule has 0 heterocycles. The first kappa shape index (κ1) is 12.7. The molecule has 1 rings (SSSR count). The van der Waals surface area contributed by atoms with Gasteiger partial charge < -0.3 is 4.90 Å². The van der Waals surface area contributed by atoms with Gasteiger partial charge >= 0.3 is 0 Å². The highest BCUT2D eigenvalue weighted by atomic mass is 16.2. The standard InChI is InChI=1S/C11H15NO.CH4/c1-9-4-6-10(7-5-9)8-11(13)12(2)3;/h4-7H,8H2,1-3H3;1H4. The van der Waals surface area contributed by atoms with Gasteiger partial charge in [-0.15, -0.1) is 0 Å². The first-order chi connectivity index (χ1) is 6.09. The third-order valence-corrected chi connectivity index (χ3v) is 1.97. The average Bonchev–Trinajstić information content (AvgIpc) is 2.08. The van der Waals surface area contributed by atoms with Gasteiger partial charge in [0.1, 0.15) is 0 Å². The van der Waals surface area contributed by atoms with Gasteiger partial charge in [0.05, 0.1) is 6.42 Å². The van der Waals surface area contributed by atoms with Crippen LogP contribution in [0.15, 0.2) is 24.3 Å². The smallest absolute Gasteiger partial charge is 0.226 e. The van der Waals surface area contributed by atoms with Crippen molar-refractivity contribution in [1.29, 1.82) is 0 Å². The Morgan fingerprint density at radius 1 is 1.21 bits per heavy atom. The summed E-state index contributed by atoms with van der Waals surface area (Å²) in [7, 11) is 3.55. The van der Waals surface area contributed by atoms with E-state index in [-0.39, 0.29) is 13.3 Å². The van der Waals surface area contributed by atoms with Gasteiger partial charge in [0.2, 0.25) is 5.91 Å². The van der Waals surface area contributed by atoms with Crippen LogP contribution in [0.2, 0.25) is 0 Å². The Kier molecular flexibility index (Phi) is 4.92. The molecule has 0 aliphatic rings. The van der Waals surface area contributed by atoms with Crippen LogP contribution in [-0.2, 0) is 11.2 Å². The van der Waals surface area contributed by atoms with Gasteiger partial charge in [-0.3, -0.25) is 4.79 Å². The maximum absolute atomic E-state index is 11.3. The Hall–Kier alpha value is -1.31. The van der Waals surface area contributed by atoms with Crippen molar-refractivity contribution in [3.63, 3.8) is 0 Å². The maximum atomic E-state index is 11.3. The summed E-state index contributed by atoms with van der Waals surface area (Å²) in [5.74, 6) is 0.142. The van der Waals surface area contributed by atoms with Crippen molar-refractivity contribution in [2.45, 2.75) is 20.8 Å². The van der Waals surface area contributed by atoms with Gasteiger partial charge in [0, 0.05) is 14.1 Å². The summed E-state index contributed by atoms with van der Waals surface area (Å²) in [5.41, 5.74) is 2.30. The first-order valence-corrected chi connectivity index (χ1v) is 4.35. The van der Waals surface area contributed by atoms with Crippen molar-refractivity contribution in [3.8, 4) is 0 Å². The van der Waals surface area contributed by atoms with Crippen LogP contribution in [0.5, 0.6) is 0 Å². The molecule has 0 aliphatic carbocycles. The maximum Gasteiger partial charge on any atom is 0.226 e. The van der Waals surface area contributed by atoms with Crippen LogP contribution in [0.1, 0.15) is 18.6 Å². The van der Waals surface area contributed by atoms with Crippen molar-refractivity contribution < 1.29 is 4.79 Å². The third-order valence-electron chi connectivity index (χ3n) is 1.97. The number of benzene rings is 1. The highest BCUT2D eigenvalue weighted by molar-refractivity contribution is 5.78. The fourth-order valence-electron chi connectivity index (χ4n) is 1.04. The molecular weight excluding hydrogens is 174 g/mol. The fraction of sp³-hybridized carbons (Fsp3) is 0.417. The molecule has 0 N–H and O–H groups in total. The van der Waals surface area contributed by atoms with E-state index in [1.165, 1.54) is 5.56 Å². The van der Waals surface area contributed by atoms with Crippen LogP contribution < -0.4 is 0 Å². The third kappa shape index (κ3) is 3.60. The highest BCUT2D eigenvalue weighted by Crippen LogP contribution is 2.04. The molecule has 78 valence electrons. The summed E-state index contributed by atoms with van der Waals surface area (Å²) < 4.78 is 0. The minimum absolute atomic E-state index is 0. The van der Waals surface area contributed by atoms with Crippen molar-refractivity contribution in [2.24, 2.45) is 0 Å². The predicted molar refractivity (Wildman–Crippen MR) is 60.3 cm³/mol. The summed E-state index contributed by atoms with van der Waals surface area (Å²) in [6.45, 7) is 2.04. The van der Waals surface area contributed by atoms with Gasteiger partial charge in [-0.05, 0) is 12.5 Å². The van der Waals surface area contributed by atoms with Gasteiger partial charge in [-0.1, -0.05) is 37.3 Å². The Balaban J connectivity index is 0.00000169. The molecule has 1 amide bonds. The lowest BCUT2D eigenvalue weighted by molar-refractivity contribution is -0.127. The molecule has 1 aromatic rings. The highest BCUT2D eigenvalue weighted by Gasteiger charge is 2.04. The molecule has 0 unspecified atom stereocenters. The lowest BCUT2D eigenvalue weighted by Crippen LogP contribution is -2.23. The zero-order valence-electron chi connectivity index (χ0n) is 8.37. The minimum atomic E-state index is 0. The zero-order chi connectivity index (χ0) is 9.84. The molecule has 0 aliphatic heterocycles. The molecule has 2 nitrogen and oxygen atoms in total. The fourth-order valence-corrected chi connectivity index (χ4v) is 1.04. The number of likely N-dealkylation sites (N-methyl/N-ethyl adjacent to an activating group) is 1. The summed E-state index contributed by atoms with van der Waals surface area (Å²) >= 11 is 0. The van der Waals surface area contributed by atoms with Crippen LogP contribution >= 0.6 is 0 Å². The van der Waals surface area contributed by atoms with E-state index in [1.54, 1.807) is 19.0 Å². The Labute approximate surface area is 86.5 Å². The summed E-state index contributed by atoms with van der Waals surface area (Å²) in [4.78, 5) is 12.9. The molecule has 2 heteroatoms. The van der Waals surface area contributed by atoms with Crippen molar-refractivity contribution >= 4 is 5.91 Å². The van der Waals surface area contributed by atoms with Crippen molar-refractivity contribution in [3.05, 3.63) is 35.4 Å². The van der Waals surface area contributed by atoms with Gasteiger partial charge in [0.25, 0.3) is 0 Å². The molecule has 0 spiro atoms.